The van der Waals surface area contributed by atoms with Crippen molar-refractivity contribution < 1.29 is 22.7 Å². The first kappa shape index (κ1) is 27.9. The fraction of sp³-hybridized carbons (Fsp3) is 0.267. The third-order valence-electron chi connectivity index (χ3n) is 6.26. The van der Waals surface area contributed by atoms with Gasteiger partial charge in [-0.1, -0.05) is 48.5 Å². The standard InChI is InChI=1S/C30H31F3N4O2/c1-34-28(38)8-5-15-35-16-17-39-25-12-9-22(10-13-25)29(23-11-14-27-24(18-23)20-36-37-27)26(19-30(31,32)33)21-6-3-2-4-7-21/h2-4,6-7,9-14,18,20,35H,5,8,15-17,19H2,1H3,(H,34,38)(H,36,37). The molecule has 0 saturated heterocycles. The number of H-pyrrole nitrogens is 1. The number of alkyl halides is 3. The lowest BCUT2D eigenvalue weighted by Crippen LogP contribution is -2.24. The van der Waals surface area contributed by atoms with Crippen molar-refractivity contribution in [1.82, 2.24) is 20.8 Å². The molecule has 0 spiro atoms. The summed E-state index contributed by atoms with van der Waals surface area (Å²) in [6.45, 7) is 1.73. The van der Waals surface area contributed by atoms with Gasteiger partial charge in [0.1, 0.15) is 12.4 Å². The molecule has 0 atom stereocenters. The molecule has 0 bridgehead atoms. The van der Waals surface area contributed by atoms with Gasteiger partial charge in [0.2, 0.25) is 5.91 Å². The van der Waals surface area contributed by atoms with E-state index in [-0.39, 0.29) is 11.5 Å². The van der Waals surface area contributed by atoms with Gasteiger partial charge in [-0.05, 0) is 65.1 Å². The number of carbonyl (C=O) groups is 1. The second kappa shape index (κ2) is 13.1. The number of hydrogen-bond acceptors (Lipinski definition) is 4. The van der Waals surface area contributed by atoms with E-state index in [2.05, 4.69) is 20.8 Å². The van der Waals surface area contributed by atoms with Gasteiger partial charge in [0.25, 0.3) is 0 Å². The minimum atomic E-state index is -4.40. The van der Waals surface area contributed by atoms with E-state index in [9.17, 15) is 18.0 Å². The van der Waals surface area contributed by atoms with E-state index >= 15 is 0 Å². The Morgan fingerprint density at radius 1 is 0.949 bits per heavy atom. The summed E-state index contributed by atoms with van der Waals surface area (Å²) in [5, 5.41) is 13.6. The average molecular weight is 537 g/mol. The summed E-state index contributed by atoms with van der Waals surface area (Å²) in [4.78, 5) is 11.3. The summed E-state index contributed by atoms with van der Waals surface area (Å²) in [5.74, 6) is 0.629. The van der Waals surface area contributed by atoms with Crippen LogP contribution in [0.1, 0.15) is 36.0 Å². The van der Waals surface area contributed by atoms with Crippen LogP contribution in [0.15, 0.2) is 79.0 Å². The molecular weight excluding hydrogens is 505 g/mol. The van der Waals surface area contributed by atoms with Crippen molar-refractivity contribution in [2.45, 2.75) is 25.4 Å². The van der Waals surface area contributed by atoms with Crippen LogP contribution in [-0.4, -0.2) is 49.0 Å². The fourth-order valence-electron chi connectivity index (χ4n) is 4.37. The molecule has 1 amide bonds. The molecule has 0 aliphatic rings. The quantitative estimate of drug-likeness (QED) is 0.154. The number of nitrogens with zero attached hydrogens (tertiary/aromatic N) is 1. The Morgan fingerprint density at radius 3 is 2.41 bits per heavy atom. The van der Waals surface area contributed by atoms with Crippen LogP contribution in [0.25, 0.3) is 22.0 Å². The summed E-state index contributed by atoms with van der Waals surface area (Å²) < 4.78 is 47.4. The van der Waals surface area contributed by atoms with E-state index in [1.807, 2.05) is 18.2 Å². The molecule has 3 aromatic carbocycles. The van der Waals surface area contributed by atoms with Gasteiger partial charge in [-0.15, -0.1) is 0 Å². The molecule has 6 nitrogen and oxygen atoms in total. The highest BCUT2D eigenvalue weighted by atomic mass is 19.4. The Labute approximate surface area is 225 Å². The van der Waals surface area contributed by atoms with Crippen LogP contribution in [0, 0.1) is 0 Å². The molecule has 0 aliphatic carbocycles. The Bertz CT molecular complexity index is 1400. The van der Waals surface area contributed by atoms with E-state index in [1.165, 1.54) is 0 Å². The van der Waals surface area contributed by atoms with Gasteiger partial charge >= 0.3 is 6.18 Å². The predicted octanol–water partition coefficient (Wildman–Crippen LogP) is 5.97. The van der Waals surface area contributed by atoms with Crippen LogP contribution >= 0.6 is 0 Å². The van der Waals surface area contributed by atoms with Crippen molar-refractivity contribution in [1.29, 1.82) is 0 Å². The monoisotopic (exact) mass is 536 g/mol. The maximum atomic E-state index is 13.9. The molecule has 3 N–H and O–H groups in total. The van der Waals surface area contributed by atoms with Crippen molar-refractivity contribution in [3.63, 3.8) is 0 Å². The van der Waals surface area contributed by atoms with Gasteiger partial charge < -0.3 is 15.4 Å². The number of fused-ring (bicyclic) bond motifs is 1. The molecule has 0 unspecified atom stereocenters. The highest BCUT2D eigenvalue weighted by Crippen LogP contribution is 2.40. The number of halogens is 3. The molecule has 1 aromatic heterocycles. The first-order valence-electron chi connectivity index (χ1n) is 12.8. The molecule has 0 aliphatic heterocycles. The Morgan fingerprint density at radius 2 is 1.69 bits per heavy atom. The van der Waals surface area contributed by atoms with Crippen LogP contribution in [0.2, 0.25) is 0 Å². The van der Waals surface area contributed by atoms with Gasteiger partial charge in [0.05, 0.1) is 18.1 Å². The number of aromatic amines is 1. The van der Waals surface area contributed by atoms with E-state index in [0.717, 1.165) is 17.3 Å². The largest absolute Gasteiger partial charge is 0.492 e. The maximum Gasteiger partial charge on any atom is 0.393 e. The maximum absolute atomic E-state index is 13.9. The van der Waals surface area contributed by atoms with Gasteiger partial charge in [-0.2, -0.15) is 18.3 Å². The number of nitrogens with one attached hydrogen (secondary N) is 3. The van der Waals surface area contributed by atoms with Gasteiger partial charge in [0, 0.05) is 25.4 Å². The van der Waals surface area contributed by atoms with E-state index in [0.29, 0.717) is 54.1 Å². The molecule has 1 heterocycles. The topological polar surface area (TPSA) is 79.0 Å². The Hall–Kier alpha value is -4.11. The number of allylic oxidation sites excluding steroid dienone is 1. The molecule has 9 heteroatoms. The van der Waals surface area contributed by atoms with Crippen molar-refractivity contribution in [2.24, 2.45) is 0 Å². The van der Waals surface area contributed by atoms with E-state index < -0.39 is 12.6 Å². The van der Waals surface area contributed by atoms with Gasteiger partial charge in [0.15, 0.2) is 0 Å². The third kappa shape index (κ3) is 7.94. The minimum absolute atomic E-state index is 0.0110. The number of benzene rings is 3. The second-order valence-corrected chi connectivity index (χ2v) is 9.08. The lowest BCUT2D eigenvalue weighted by atomic mass is 9.87. The van der Waals surface area contributed by atoms with Crippen LogP contribution < -0.4 is 15.4 Å². The molecular formula is C30H31F3N4O2. The van der Waals surface area contributed by atoms with Crippen molar-refractivity contribution in [2.75, 3.05) is 26.7 Å². The SMILES string of the molecule is CNC(=O)CCCNCCOc1ccc(C(=C(CC(F)(F)F)c2ccccc2)c2ccc3[nH]ncc3c2)cc1. The summed E-state index contributed by atoms with van der Waals surface area (Å²) in [6.07, 6.45) is -2.61. The Balaban J connectivity index is 1.59. The molecule has 0 radical (unpaired) electrons. The smallest absolute Gasteiger partial charge is 0.393 e. The molecule has 0 fully saturated rings. The van der Waals surface area contributed by atoms with Crippen LogP contribution in [0.3, 0.4) is 0 Å². The molecule has 204 valence electrons. The lowest BCUT2D eigenvalue weighted by Gasteiger charge is -2.19. The summed E-state index contributed by atoms with van der Waals surface area (Å²) in [7, 11) is 1.62. The molecule has 4 aromatic rings. The van der Waals surface area contributed by atoms with E-state index in [4.69, 9.17) is 4.74 Å². The molecule has 39 heavy (non-hydrogen) atoms. The third-order valence-corrected chi connectivity index (χ3v) is 6.26. The second-order valence-electron chi connectivity index (χ2n) is 9.08. The first-order chi connectivity index (χ1) is 18.8. The number of carbonyl (C=O) groups excluding carboxylic acids is 1. The minimum Gasteiger partial charge on any atom is -0.492 e. The predicted molar refractivity (Wildman–Crippen MR) is 147 cm³/mol. The Kier molecular flexibility index (Phi) is 9.38. The van der Waals surface area contributed by atoms with E-state index in [1.54, 1.807) is 67.8 Å². The summed E-state index contributed by atoms with van der Waals surface area (Å²) in [6, 6.07) is 21.3. The zero-order valence-corrected chi connectivity index (χ0v) is 21.6. The average Bonchev–Trinajstić information content (AvgIpc) is 3.41. The van der Waals surface area contributed by atoms with Crippen LogP contribution in [0.4, 0.5) is 13.2 Å². The van der Waals surface area contributed by atoms with Crippen molar-refractivity contribution in [3.8, 4) is 5.75 Å². The number of ether oxygens (including phenoxy) is 1. The lowest BCUT2D eigenvalue weighted by molar-refractivity contribution is -0.123. The molecule has 0 saturated carbocycles. The zero-order valence-electron chi connectivity index (χ0n) is 21.6. The van der Waals surface area contributed by atoms with Crippen LogP contribution in [-0.2, 0) is 4.79 Å². The summed E-state index contributed by atoms with van der Waals surface area (Å²) in [5.41, 5.74) is 3.34. The normalized spacial score (nSPS) is 12.3. The summed E-state index contributed by atoms with van der Waals surface area (Å²) >= 11 is 0. The van der Waals surface area contributed by atoms with Crippen molar-refractivity contribution in [3.05, 3.63) is 95.7 Å². The zero-order chi connectivity index (χ0) is 27.7. The van der Waals surface area contributed by atoms with Gasteiger partial charge in [-0.3, -0.25) is 9.89 Å². The number of aromatic nitrogens is 2. The molecule has 4 rings (SSSR count). The number of rotatable bonds is 12. The van der Waals surface area contributed by atoms with Crippen molar-refractivity contribution >= 4 is 28.0 Å². The first-order valence-corrected chi connectivity index (χ1v) is 12.8. The highest BCUT2D eigenvalue weighted by molar-refractivity contribution is 6.00. The number of amides is 1. The van der Waals surface area contributed by atoms with Crippen LogP contribution in [0.5, 0.6) is 5.75 Å². The van der Waals surface area contributed by atoms with Gasteiger partial charge in [-0.25, -0.2) is 0 Å². The fourth-order valence-corrected chi connectivity index (χ4v) is 4.37. The number of hydrogen-bond donors (Lipinski definition) is 3. The highest BCUT2D eigenvalue weighted by Gasteiger charge is 2.31.